The van der Waals surface area contributed by atoms with E-state index in [9.17, 15) is 4.79 Å². The average molecular weight is 329 g/mol. The molecule has 2 aromatic heterocycles. The zero-order valence-electron chi connectivity index (χ0n) is 14.9. The first-order valence-electron chi connectivity index (χ1n) is 8.84. The third-order valence-corrected chi connectivity index (χ3v) is 4.84. The number of likely N-dealkylation sites (tertiary alicyclic amines) is 1. The molecule has 1 amide bonds. The van der Waals surface area contributed by atoms with Crippen molar-refractivity contribution in [2.45, 2.75) is 65.1 Å². The Morgan fingerprint density at radius 3 is 2.88 bits per heavy atom. The number of carbonyl (C=O) groups excluding carboxylic acids is 1. The molecule has 0 bridgehead atoms. The number of aromatic nitrogens is 4. The summed E-state index contributed by atoms with van der Waals surface area (Å²) < 4.78 is 3.90. The van der Waals surface area contributed by atoms with E-state index in [1.165, 1.54) is 6.42 Å². The van der Waals surface area contributed by atoms with Crippen LogP contribution in [0.25, 0.3) is 0 Å². The molecule has 0 aromatic carbocycles. The van der Waals surface area contributed by atoms with Gasteiger partial charge in [-0.05, 0) is 52.2 Å². The minimum atomic E-state index is 0.0819. The first-order valence-corrected chi connectivity index (χ1v) is 8.84. The van der Waals surface area contributed by atoms with Crippen molar-refractivity contribution in [3.05, 3.63) is 35.9 Å². The first kappa shape index (κ1) is 16.7. The summed E-state index contributed by atoms with van der Waals surface area (Å²) >= 11 is 0. The highest BCUT2D eigenvalue weighted by Crippen LogP contribution is 2.22. The quantitative estimate of drug-likeness (QED) is 0.847. The van der Waals surface area contributed by atoms with E-state index in [2.05, 4.69) is 28.1 Å². The van der Waals surface area contributed by atoms with Gasteiger partial charge in [0, 0.05) is 31.1 Å². The van der Waals surface area contributed by atoms with Crippen LogP contribution in [0.15, 0.2) is 24.5 Å². The van der Waals surface area contributed by atoms with Gasteiger partial charge >= 0.3 is 0 Å². The zero-order valence-corrected chi connectivity index (χ0v) is 14.9. The van der Waals surface area contributed by atoms with E-state index in [-0.39, 0.29) is 18.0 Å². The smallest absolute Gasteiger partial charge is 0.225 e. The average Bonchev–Trinajstić information content (AvgIpc) is 3.17. The summed E-state index contributed by atoms with van der Waals surface area (Å²) in [4.78, 5) is 15.0. The number of piperidine rings is 1. The molecule has 1 aliphatic heterocycles. The molecule has 0 spiro atoms. The molecule has 2 aromatic rings. The molecule has 0 aliphatic carbocycles. The molecule has 6 nitrogen and oxygen atoms in total. The van der Waals surface area contributed by atoms with Gasteiger partial charge in [0.2, 0.25) is 5.91 Å². The van der Waals surface area contributed by atoms with Gasteiger partial charge in [0.25, 0.3) is 0 Å². The van der Waals surface area contributed by atoms with E-state index < -0.39 is 0 Å². The molecule has 3 rings (SSSR count). The molecule has 0 radical (unpaired) electrons. The molecule has 3 heterocycles. The van der Waals surface area contributed by atoms with Crippen molar-refractivity contribution in [3.8, 4) is 0 Å². The van der Waals surface area contributed by atoms with Crippen LogP contribution in [0.5, 0.6) is 0 Å². The van der Waals surface area contributed by atoms with Crippen molar-refractivity contribution in [2.75, 3.05) is 6.54 Å². The predicted molar refractivity (Wildman–Crippen MR) is 92.6 cm³/mol. The SMILES string of the molecule is Cc1cc(C)n([C@H](C)CC(=O)N2CCCC[C@H]2Cn2cccn2)n1. The van der Waals surface area contributed by atoms with Gasteiger partial charge in [0.05, 0.1) is 24.3 Å². The number of carbonyl (C=O) groups is 1. The second-order valence-electron chi connectivity index (χ2n) is 6.89. The third-order valence-electron chi connectivity index (χ3n) is 4.84. The summed E-state index contributed by atoms with van der Waals surface area (Å²) in [5, 5.41) is 8.81. The molecule has 0 unspecified atom stereocenters. The molecular weight excluding hydrogens is 302 g/mol. The van der Waals surface area contributed by atoms with Crippen LogP contribution in [0.3, 0.4) is 0 Å². The number of nitrogens with zero attached hydrogens (tertiary/aromatic N) is 5. The summed E-state index contributed by atoms with van der Waals surface area (Å²) in [6, 6.07) is 4.32. The molecular formula is C18H27N5O. The molecule has 1 fully saturated rings. The molecule has 1 aliphatic rings. The van der Waals surface area contributed by atoms with Crippen molar-refractivity contribution < 1.29 is 4.79 Å². The van der Waals surface area contributed by atoms with Gasteiger partial charge in [-0.2, -0.15) is 10.2 Å². The minimum Gasteiger partial charge on any atom is -0.338 e. The van der Waals surface area contributed by atoms with E-state index in [1.807, 2.05) is 35.5 Å². The van der Waals surface area contributed by atoms with Gasteiger partial charge in [-0.3, -0.25) is 14.2 Å². The van der Waals surface area contributed by atoms with Gasteiger partial charge in [-0.15, -0.1) is 0 Å². The highest BCUT2D eigenvalue weighted by atomic mass is 16.2. The zero-order chi connectivity index (χ0) is 17.1. The topological polar surface area (TPSA) is 56.0 Å². The van der Waals surface area contributed by atoms with Gasteiger partial charge in [-0.25, -0.2) is 0 Å². The second kappa shape index (κ2) is 7.20. The minimum absolute atomic E-state index is 0.0819. The second-order valence-corrected chi connectivity index (χ2v) is 6.89. The van der Waals surface area contributed by atoms with Crippen LogP contribution < -0.4 is 0 Å². The largest absolute Gasteiger partial charge is 0.338 e. The molecule has 6 heteroatoms. The van der Waals surface area contributed by atoms with Crippen LogP contribution in [0.4, 0.5) is 0 Å². The van der Waals surface area contributed by atoms with E-state index in [1.54, 1.807) is 6.20 Å². The van der Waals surface area contributed by atoms with E-state index in [0.29, 0.717) is 6.42 Å². The third kappa shape index (κ3) is 3.68. The molecule has 2 atom stereocenters. The lowest BCUT2D eigenvalue weighted by Gasteiger charge is -2.36. The van der Waals surface area contributed by atoms with Crippen LogP contribution >= 0.6 is 0 Å². The summed E-state index contributed by atoms with van der Waals surface area (Å²) in [5.74, 6) is 0.229. The number of aryl methyl sites for hydroxylation is 2. The fraction of sp³-hybridized carbons (Fsp3) is 0.611. The Kier molecular flexibility index (Phi) is 5.02. The van der Waals surface area contributed by atoms with Gasteiger partial charge < -0.3 is 4.90 Å². The Hall–Kier alpha value is -2.11. The Balaban J connectivity index is 1.66. The number of hydrogen-bond acceptors (Lipinski definition) is 3. The highest BCUT2D eigenvalue weighted by Gasteiger charge is 2.28. The van der Waals surface area contributed by atoms with Crippen molar-refractivity contribution in [1.29, 1.82) is 0 Å². The maximum absolute atomic E-state index is 12.9. The normalized spacial score (nSPS) is 19.5. The molecule has 1 saturated heterocycles. The maximum atomic E-state index is 12.9. The van der Waals surface area contributed by atoms with Crippen LogP contribution in [-0.4, -0.2) is 43.0 Å². The Labute approximate surface area is 143 Å². The summed E-state index contributed by atoms with van der Waals surface area (Å²) in [6.07, 6.45) is 7.59. The molecule has 0 saturated carbocycles. The van der Waals surface area contributed by atoms with E-state index >= 15 is 0 Å². The Morgan fingerprint density at radius 2 is 2.21 bits per heavy atom. The van der Waals surface area contributed by atoms with Crippen molar-refractivity contribution >= 4 is 5.91 Å². The monoisotopic (exact) mass is 329 g/mol. The summed E-state index contributed by atoms with van der Waals surface area (Å²) in [7, 11) is 0. The van der Waals surface area contributed by atoms with Gasteiger partial charge in [0.15, 0.2) is 0 Å². The fourth-order valence-electron chi connectivity index (χ4n) is 3.69. The van der Waals surface area contributed by atoms with Gasteiger partial charge in [0.1, 0.15) is 0 Å². The van der Waals surface area contributed by atoms with Crippen molar-refractivity contribution in [2.24, 2.45) is 0 Å². The predicted octanol–water partition coefficient (Wildman–Crippen LogP) is 2.73. The lowest BCUT2D eigenvalue weighted by molar-refractivity contribution is -0.136. The number of amides is 1. The van der Waals surface area contributed by atoms with Crippen LogP contribution in [-0.2, 0) is 11.3 Å². The van der Waals surface area contributed by atoms with E-state index in [4.69, 9.17) is 0 Å². The van der Waals surface area contributed by atoms with Gasteiger partial charge in [-0.1, -0.05) is 0 Å². The first-order chi connectivity index (χ1) is 11.5. The molecule has 0 N–H and O–H groups in total. The Morgan fingerprint density at radius 1 is 1.38 bits per heavy atom. The number of hydrogen-bond donors (Lipinski definition) is 0. The maximum Gasteiger partial charge on any atom is 0.225 e. The standard InChI is InChI=1S/C18H27N5O/c1-14-11-15(2)23(20-14)16(3)12-18(24)22-10-5-4-7-17(22)13-21-9-6-8-19-21/h6,8-9,11,16-17H,4-5,7,10,12-13H2,1-3H3/t16-,17+/m1/s1. The Bertz CT molecular complexity index is 676. The summed E-state index contributed by atoms with van der Waals surface area (Å²) in [6.45, 7) is 7.75. The van der Waals surface area contributed by atoms with E-state index in [0.717, 1.165) is 37.3 Å². The lowest BCUT2D eigenvalue weighted by atomic mass is 10.0. The van der Waals surface area contributed by atoms with Crippen LogP contribution in [0, 0.1) is 13.8 Å². The molecule has 130 valence electrons. The van der Waals surface area contributed by atoms with Crippen LogP contribution in [0.1, 0.15) is 50.0 Å². The lowest BCUT2D eigenvalue weighted by Crippen LogP contribution is -2.46. The van der Waals surface area contributed by atoms with Crippen molar-refractivity contribution in [1.82, 2.24) is 24.5 Å². The number of rotatable bonds is 5. The fourth-order valence-corrected chi connectivity index (χ4v) is 3.69. The highest BCUT2D eigenvalue weighted by molar-refractivity contribution is 5.77. The van der Waals surface area contributed by atoms with Crippen LogP contribution in [0.2, 0.25) is 0 Å². The molecule has 24 heavy (non-hydrogen) atoms. The van der Waals surface area contributed by atoms with Crippen molar-refractivity contribution in [3.63, 3.8) is 0 Å². The summed E-state index contributed by atoms with van der Waals surface area (Å²) in [5.41, 5.74) is 2.11.